The second-order valence-electron chi connectivity index (χ2n) is 11.8. The summed E-state index contributed by atoms with van der Waals surface area (Å²) in [6.07, 6.45) is 5.20. The number of hydrogen-bond acceptors (Lipinski definition) is 6. The molecule has 2 unspecified atom stereocenters. The largest absolute Gasteiger partial charge is 0.465 e. The molecule has 3 fully saturated rings. The van der Waals surface area contributed by atoms with Crippen LogP contribution in [0.25, 0.3) is 10.8 Å². The van der Waals surface area contributed by atoms with Crippen LogP contribution in [0.5, 0.6) is 0 Å². The predicted octanol–water partition coefficient (Wildman–Crippen LogP) is 4.98. The Kier molecular flexibility index (Phi) is 8.38. The van der Waals surface area contributed by atoms with Gasteiger partial charge < -0.3 is 24.4 Å². The van der Waals surface area contributed by atoms with Crippen molar-refractivity contribution in [2.45, 2.75) is 49.5 Å². The Balaban J connectivity index is 1.43. The monoisotopic (exact) mass is 594 g/mol. The summed E-state index contributed by atoms with van der Waals surface area (Å²) in [7, 11) is 0. The summed E-state index contributed by atoms with van der Waals surface area (Å²) in [4.78, 5) is 46.1. The molecule has 44 heavy (non-hydrogen) atoms. The number of aliphatic hydroxyl groups excluding tert-OH is 1. The van der Waals surface area contributed by atoms with E-state index in [1.54, 1.807) is 17.1 Å². The number of esters is 1. The summed E-state index contributed by atoms with van der Waals surface area (Å²) in [6.45, 7) is 7.63. The minimum absolute atomic E-state index is 0.198. The number of fused-ring (bicyclic) bond motifs is 2. The number of benzene rings is 3. The second kappa shape index (κ2) is 12.4. The Bertz CT molecular complexity index is 1570. The van der Waals surface area contributed by atoms with E-state index in [0.29, 0.717) is 36.9 Å². The zero-order valence-corrected chi connectivity index (χ0v) is 24.7. The summed E-state index contributed by atoms with van der Waals surface area (Å²) in [5.41, 5.74) is 0.116. The van der Waals surface area contributed by atoms with Gasteiger partial charge in [-0.05, 0) is 54.2 Å². The van der Waals surface area contributed by atoms with Crippen LogP contribution in [0.3, 0.4) is 0 Å². The Hall–Kier alpha value is -4.27. The quantitative estimate of drug-likeness (QED) is 0.181. The molecular weight excluding hydrogens is 556 g/mol. The molecule has 3 saturated heterocycles. The molecule has 3 aromatic carbocycles. The molecule has 3 aliphatic rings. The van der Waals surface area contributed by atoms with Gasteiger partial charge in [-0.3, -0.25) is 14.4 Å². The van der Waals surface area contributed by atoms with E-state index in [0.717, 1.165) is 10.8 Å². The summed E-state index contributed by atoms with van der Waals surface area (Å²) in [5.74, 6) is -2.93. The third-order valence-electron chi connectivity index (χ3n) is 9.36. The Morgan fingerprint density at radius 1 is 1.07 bits per heavy atom. The normalized spacial score (nSPS) is 25.9. The molecule has 8 nitrogen and oxygen atoms in total. The van der Waals surface area contributed by atoms with Crippen LogP contribution in [0.2, 0.25) is 0 Å². The number of rotatable bonds is 12. The number of aliphatic hydroxyl groups is 1. The van der Waals surface area contributed by atoms with Gasteiger partial charge in [-0.25, -0.2) is 0 Å². The molecule has 1 N–H and O–H groups in total. The van der Waals surface area contributed by atoms with Gasteiger partial charge in [0.15, 0.2) is 0 Å². The molecule has 2 bridgehead atoms. The first-order valence-corrected chi connectivity index (χ1v) is 15.3. The van der Waals surface area contributed by atoms with Crippen molar-refractivity contribution in [3.63, 3.8) is 0 Å². The first-order chi connectivity index (χ1) is 21.4. The average molecular weight is 595 g/mol. The van der Waals surface area contributed by atoms with Crippen LogP contribution in [-0.4, -0.2) is 65.3 Å². The van der Waals surface area contributed by atoms with Crippen molar-refractivity contribution >= 4 is 34.2 Å². The summed E-state index contributed by atoms with van der Waals surface area (Å²) in [6, 6.07) is 21.0. The molecule has 6 rings (SSSR count). The van der Waals surface area contributed by atoms with Crippen LogP contribution in [0.15, 0.2) is 98.1 Å². The van der Waals surface area contributed by atoms with Crippen molar-refractivity contribution in [3.8, 4) is 0 Å². The molecule has 3 aliphatic heterocycles. The van der Waals surface area contributed by atoms with E-state index in [1.165, 1.54) is 4.90 Å². The van der Waals surface area contributed by atoms with Crippen molar-refractivity contribution < 1.29 is 29.0 Å². The van der Waals surface area contributed by atoms with Gasteiger partial charge in [-0.2, -0.15) is 0 Å². The van der Waals surface area contributed by atoms with Gasteiger partial charge in [0.05, 0.1) is 37.2 Å². The van der Waals surface area contributed by atoms with Crippen molar-refractivity contribution in [1.82, 2.24) is 4.90 Å². The van der Waals surface area contributed by atoms with Crippen LogP contribution < -0.4 is 4.90 Å². The van der Waals surface area contributed by atoms with Gasteiger partial charge in [-0.15, -0.1) is 13.2 Å². The number of hydrogen-bond donors (Lipinski definition) is 1. The Morgan fingerprint density at radius 3 is 2.55 bits per heavy atom. The number of nitrogens with zero attached hydrogens (tertiary/aromatic N) is 2. The van der Waals surface area contributed by atoms with E-state index in [-0.39, 0.29) is 25.0 Å². The van der Waals surface area contributed by atoms with Crippen LogP contribution in [-0.2, 0) is 23.9 Å². The van der Waals surface area contributed by atoms with Crippen molar-refractivity contribution in [2.24, 2.45) is 11.8 Å². The highest BCUT2D eigenvalue weighted by molar-refractivity contribution is 6.05. The highest BCUT2D eigenvalue weighted by Crippen LogP contribution is 2.60. The predicted molar refractivity (Wildman–Crippen MR) is 168 cm³/mol. The lowest BCUT2D eigenvalue weighted by molar-refractivity contribution is -0.156. The lowest BCUT2D eigenvalue weighted by atomic mass is 9.70. The molecule has 3 heterocycles. The maximum absolute atomic E-state index is 14.9. The van der Waals surface area contributed by atoms with Crippen LogP contribution in [0.1, 0.15) is 37.3 Å². The van der Waals surface area contributed by atoms with Gasteiger partial charge in [-0.1, -0.05) is 72.8 Å². The third-order valence-corrected chi connectivity index (χ3v) is 9.36. The highest BCUT2D eigenvalue weighted by atomic mass is 16.6. The zero-order valence-electron chi connectivity index (χ0n) is 24.7. The van der Waals surface area contributed by atoms with E-state index in [4.69, 9.17) is 9.47 Å². The molecule has 228 valence electrons. The van der Waals surface area contributed by atoms with Gasteiger partial charge >= 0.3 is 5.97 Å². The van der Waals surface area contributed by atoms with E-state index in [1.807, 2.05) is 72.8 Å². The second-order valence-corrected chi connectivity index (χ2v) is 11.8. The van der Waals surface area contributed by atoms with E-state index < -0.39 is 48.2 Å². The first-order valence-electron chi connectivity index (χ1n) is 15.3. The molecule has 3 aromatic rings. The molecule has 2 amide bonds. The number of allylic oxidation sites excluding steroid dienone is 1. The number of amides is 2. The summed E-state index contributed by atoms with van der Waals surface area (Å²) < 4.78 is 12.2. The van der Waals surface area contributed by atoms with Crippen molar-refractivity contribution in [1.29, 1.82) is 0 Å². The molecule has 6 atom stereocenters. The number of carbonyl (C=O) groups excluding carboxylic acids is 3. The van der Waals surface area contributed by atoms with Crippen LogP contribution in [0, 0.1) is 11.8 Å². The van der Waals surface area contributed by atoms with Crippen LogP contribution >= 0.6 is 0 Å². The summed E-state index contributed by atoms with van der Waals surface area (Å²) >= 11 is 0. The smallest absolute Gasteiger partial charge is 0.312 e. The number of ether oxygens (including phenoxy) is 2. The standard InChI is InChI=1S/C36H38N2O6/c1-3-5-11-21-43-35(42)30-29-18-19-36(44-29)31(30)33(40)38(28(23-39)25-13-7-6-8-14-25)32(36)34(41)37(20-4-2)27-17-16-24-12-9-10-15-26(24)22-27/h3-4,6-10,12-17,22,28-32,39H,1-2,5,11,18-21,23H2/t28-,29+,30-,31+,32?,36?/m1/s1. The zero-order chi connectivity index (χ0) is 30.8. The molecule has 0 saturated carbocycles. The van der Waals surface area contributed by atoms with Gasteiger partial charge in [0.1, 0.15) is 11.6 Å². The van der Waals surface area contributed by atoms with Gasteiger partial charge in [0.25, 0.3) is 5.91 Å². The first kappa shape index (κ1) is 29.8. The van der Waals surface area contributed by atoms with Crippen molar-refractivity contribution in [2.75, 3.05) is 24.7 Å². The molecule has 8 heteroatoms. The third kappa shape index (κ3) is 4.92. The molecule has 0 aromatic heterocycles. The fourth-order valence-corrected chi connectivity index (χ4v) is 7.44. The molecule has 0 aliphatic carbocycles. The number of likely N-dealkylation sites (tertiary alicyclic amines) is 1. The van der Waals surface area contributed by atoms with E-state index in [9.17, 15) is 19.5 Å². The average Bonchev–Trinajstić information content (AvgIpc) is 3.70. The number of anilines is 1. The fraction of sp³-hybridized carbons (Fsp3) is 0.361. The fourth-order valence-electron chi connectivity index (χ4n) is 7.44. The Morgan fingerprint density at radius 2 is 1.82 bits per heavy atom. The maximum atomic E-state index is 14.9. The SMILES string of the molecule is C=CCCCOC(=O)[C@@H]1[C@@H]2CCC3(O2)C(C(=O)N(CC=C)c2ccc4ccccc4c2)N([C@H](CO)c2ccccc2)C(=O)[C@H]13. The number of carbonyl (C=O) groups is 3. The van der Waals surface area contributed by atoms with Crippen molar-refractivity contribution in [3.05, 3.63) is 104 Å². The van der Waals surface area contributed by atoms with E-state index in [2.05, 4.69) is 13.2 Å². The molecular formula is C36H38N2O6. The topological polar surface area (TPSA) is 96.4 Å². The molecule has 1 spiro atoms. The van der Waals surface area contributed by atoms with Gasteiger partial charge in [0.2, 0.25) is 5.91 Å². The van der Waals surface area contributed by atoms with Crippen LogP contribution in [0.4, 0.5) is 5.69 Å². The molecule has 0 radical (unpaired) electrons. The van der Waals surface area contributed by atoms with Gasteiger partial charge in [0, 0.05) is 12.2 Å². The lowest BCUT2D eigenvalue weighted by Gasteiger charge is -2.39. The number of unbranched alkanes of at least 4 members (excludes halogenated alkanes) is 1. The maximum Gasteiger partial charge on any atom is 0.312 e. The minimum atomic E-state index is -1.23. The lowest BCUT2D eigenvalue weighted by Crippen LogP contribution is -2.57. The minimum Gasteiger partial charge on any atom is -0.465 e. The summed E-state index contributed by atoms with van der Waals surface area (Å²) in [5, 5.41) is 12.7. The van der Waals surface area contributed by atoms with E-state index >= 15 is 0 Å². The highest BCUT2D eigenvalue weighted by Gasteiger charge is 2.75. The Labute approximate surface area is 257 Å².